The number of ether oxygens (including phenoxy) is 1. The van der Waals surface area contributed by atoms with E-state index in [2.05, 4.69) is 20.7 Å². The van der Waals surface area contributed by atoms with E-state index >= 15 is 0 Å². The number of anilines is 2. The first kappa shape index (κ1) is 21.0. The van der Waals surface area contributed by atoms with Gasteiger partial charge in [0.25, 0.3) is 10.0 Å². The van der Waals surface area contributed by atoms with E-state index in [0.717, 1.165) is 5.56 Å². The predicted octanol–water partition coefficient (Wildman–Crippen LogP) is 4.52. The van der Waals surface area contributed by atoms with Gasteiger partial charge in [0.05, 0.1) is 12.8 Å². The van der Waals surface area contributed by atoms with Crippen molar-refractivity contribution in [2.75, 3.05) is 16.7 Å². The second kappa shape index (κ2) is 7.57. The molecule has 0 spiro atoms. The highest BCUT2D eigenvalue weighted by Gasteiger charge is 2.32. The third-order valence-corrected chi connectivity index (χ3v) is 7.43. The summed E-state index contributed by atoms with van der Waals surface area (Å²) in [5, 5.41) is 0.476. The van der Waals surface area contributed by atoms with E-state index in [1.54, 1.807) is 30.0 Å². The topological polar surface area (TPSA) is 75.7 Å². The predicted molar refractivity (Wildman–Crippen MR) is 114 cm³/mol. The summed E-state index contributed by atoms with van der Waals surface area (Å²) in [5.41, 5.74) is 2.54. The van der Waals surface area contributed by atoms with Gasteiger partial charge in [-0.15, -0.1) is 0 Å². The van der Waals surface area contributed by atoms with Crippen molar-refractivity contribution in [2.45, 2.75) is 38.1 Å². The van der Waals surface area contributed by atoms with Crippen LogP contribution in [0.2, 0.25) is 5.02 Å². The van der Waals surface area contributed by atoms with Crippen molar-refractivity contribution in [3.63, 3.8) is 0 Å². The minimum atomic E-state index is -3.95. The number of halogens is 2. The molecule has 6 nitrogen and oxygen atoms in total. The third kappa shape index (κ3) is 3.73. The van der Waals surface area contributed by atoms with Gasteiger partial charge in [0.15, 0.2) is 0 Å². The van der Waals surface area contributed by atoms with Gasteiger partial charge in [-0.1, -0.05) is 11.6 Å². The molecule has 0 fully saturated rings. The summed E-state index contributed by atoms with van der Waals surface area (Å²) in [4.78, 5) is 13.7. The summed E-state index contributed by atoms with van der Waals surface area (Å²) < 4.78 is 34.5. The monoisotopic (exact) mass is 486 g/mol. The molecule has 0 radical (unpaired) electrons. The average molecular weight is 488 g/mol. The molecule has 28 heavy (non-hydrogen) atoms. The summed E-state index contributed by atoms with van der Waals surface area (Å²) in [6.45, 7) is 5.18. The first-order valence-electron chi connectivity index (χ1n) is 8.54. The Morgan fingerprint density at radius 3 is 2.61 bits per heavy atom. The van der Waals surface area contributed by atoms with E-state index in [4.69, 9.17) is 16.3 Å². The fourth-order valence-electron chi connectivity index (χ4n) is 3.42. The Morgan fingerprint density at radius 2 is 2.00 bits per heavy atom. The lowest BCUT2D eigenvalue weighted by molar-refractivity contribution is -0.116. The lowest BCUT2D eigenvalue weighted by atomic mass is 10.1. The zero-order chi connectivity index (χ0) is 20.8. The number of carbonyl (C=O) groups excluding carboxylic acids is 1. The molecule has 0 bridgehead atoms. The molecule has 1 unspecified atom stereocenters. The van der Waals surface area contributed by atoms with Gasteiger partial charge in [-0.2, -0.15) is 0 Å². The van der Waals surface area contributed by atoms with Crippen molar-refractivity contribution in [1.82, 2.24) is 0 Å². The minimum Gasteiger partial charge on any atom is -0.495 e. The highest BCUT2D eigenvalue weighted by atomic mass is 79.9. The van der Waals surface area contributed by atoms with Crippen LogP contribution in [0.25, 0.3) is 0 Å². The van der Waals surface area contributed by atoms with E-state index in [-0.39, 0.29) is 22.5 Å². The lowest BCUT2D eigenvalue weighted by Gasteiger charge is -2.21. The first-order valence-corrected chi connectivity index (χ1v) is 11.2. The Bertz CT molecular complexity index is 1070. The van der Waals surface area contributed by atoms with Crippen LogP contribution in [0, 0.1) is 6.92 Å². The summed E-state index contributed by atoms with van der Waals surface area (Å²) >= 11 is 9.46. The number of methoxy groups -OCH3 is 1. The van der Waals surface area contributed by atoms with E-state index in [9.17, 15) is 13.2 Å². The molecule has 1 aliphatic heterocycles. The fourth-order valence-corrected chi connectivity index (χ4v) is 5.74. The van der Waals surface area contributed by atoms with Crippen molar-refractivity contribution in [3.05, 3.63) is 44.9 Å². The van der Waals surface area contributed by atoms with Gasteiger partial charge in [-0.25, -0.2) is 8.42 Å². The van der Waals surface area contributed by atoms with Crippen LogP contribution in [-0.2, 0) is 21.2 Å². The molecule has 0 saturated carbocycles. The maximum Gasteiger partial charge on any atom is 0.263 e. The Morgan fingerprint density at radius 1 is 1.32 bits per heavy atom. The second-order valence-corrected chi connectivity index (χ2v) is 9.67. The molecule has 1 N–H and O–H groups in total. The maximum atomic E-state index is 13.1. The molecule has 3 rings (SSSR count). The van der Waals surface area contributed by atoms with Crippen LogP contribution in [-0.4, -0.2) is 27.5 Å². The number of rotatable bonds is 4. The van der Waals surface area contributed by atoms with E-state index in [1.165, 1.54) is 20.1 Å². The molecule has 2 aromatic rings. The van der Waals surface area contributed by atoms with Gasteiger partial charge in [0.1, 0.15) is 10.6 Å². The molecular weight excluding hydrogens is 468 g/mol. The highest BCUT2D eigenvalue weighted by Crippen LogP contribution is 2.39. The third-order valence-electron chi connectivity index (χ3n) is 4.70. The number of carbonyl (C=O) groups is 1. The lowest BCUT2D eigenvalue weighted by Crippen LogP contribution is -2.33. The van der Waals surface area contributed by atoms with E-state index in [0.29, 0.717) is 32.9 Å². The first-order chi connectivity index (χ1) is 13.0. The number of nitrogens with zero attached hydrogens (tertiary/aromatic N) is 1. The number of hydrogen-bond donors (Lipinski definition) is 1. The summed E-state index contributed by atoms with van der Waals surface area (Å²) in [7, 11) is -2.51. The summed E-state index contributed by atoms with van der Waals surface area (Å²) in [6, 6.07) is 6.44. The average Bonchev–Trinajstić information content (AvgIpc) is 2.91. The minimum absolute atomic E-state index is 0.0238. The zero-order valence-corrected chi connectivity index (χ0v) is 19.0. The van der Waals surface area contributed by atoms with Crippen molar-refractivity contribution < 1.29 is 17.9 Å². The molecule has 0 aromatic heterocycles. The molecule has 9 heteroatoms. The molecule has 1 atom stereocenters. The molecule has 1 amide bonds. The quantitative estimate of drug-likeness (QED) is 0.688. The van der Waals surface area contributed by atoms with Crippen molar-refractivity contribution in [2.24, 2.45) is 0 Å². The number of amides is 1. The molecule has 0 saturated heterocycles. The van der Waals surface area contributed by atoms with Gasteiger partial charge in [0.2, 0.25) is 5.91 Å². The van der Waals surface area contributed by atoms with E-state index < -0.39 is 10.0 Å². The Hall–Kier alpha value is -1.77. The zero-order valence-electron chi connectivity index (χ0n) is 15.8. The van der Waals surface area contributed by atoms with E-state index in [1.807, 2.05) is 6.92 Å². The van der Waals surface area contributed by atoms with Gasteiger partial charge in [-0.3, -0.25) is 9.52 Å². The molecule has 0 aliphatic carbocycles. The Kier molecular flexibility index (Phi) is 5.67. The molecule has 150 valence electrons. The number of hydrogen-bond acceptors (Lipinski definition) is 4. The Labute approximate surface area is 178 Å². The van der Waals surface area contributed by atoms with Crippen LogP contribution in [0.3, 0.4) is 0 Å². The van der Waals surface area contributed by atoms with Gasteiger partial charge < -0.3 is 9.64 Å². The van der Waals surface area contributed by atoms with Crippen molar-refractivity contribution in [3.8, 4) is 5.75 Å². The maximum absolute atomic E-state index is 13.1. The largest absolute Gasteiger partial charge is 0.495 e. The van der Waals surface area contributed by atoms with Crippen LogP contribution in [0.1, 0.15) is 25.0 Å². The van der Waals surface area contributed by atoms with Crippen LogP contribution in [0.5, 0.6) is 5.75 Å². The van der Waals surface area contributed by atoms with Gasteiger partial charge >= 0.3 is 0 Å². The van der Waals surface area contributed by atoms with Crippen LogP contribution >= 0.6 is 27.5 Å². The van der Waals surface area contributed by atoms with Crippen LogP contribution in [0.15, 0.2) is 33.6 Å². The SMILES string of the molecule is COc1cc(Cl)c(C)cc1NS(=O)(=O)c1cc2c(cc1Br)CC(C)N2C(C)=O. The smallest absolute Gasteiger partial charge is 0.263 e. The summed E-state index contributed by atoms with van der Waals surface area (Å²) in [5.74, 6) is 0.190. The molecule has 1 heterocycles. The Balaban J connectivity index is 2.07. The van der Waals surface area contributed by atoms with Crippen molar-refractivity contribution >= 4 is 54.8 Å². The second-order valence-electron chi connectivity index (χ2n) is 6.76. The molecule has 2 aromatic carbocycles. The van der Waals surface area contributed by atoms with Gasteiger partial charge in [-0.05, 0) is 65.5 Å². The fraction of sp³-hybridized carbons (Fsp3) is 0.316. The molecular formula is C19H20BrClN2O4S. The standard InChI is InChI=1S/C19H20BrClN2O4S/c1-10-5-16(18(27-4)8-15(10)21)22-28(25,26)19-9-17-13(7-14(19)20)6-11(2)23(17)12(3)24/h5,7-9,11,22H,6H2,1-4H3. The number of benzene rings is 2. The number of fused-ring (bicyclic) bond motifs is 1. The number of aryl methyl sites for hydroxylation is 1. The van der Waals surface area contributed by atoms with Crippen LogP contribution < -0.4 is 14.4 Å². The van der Waals surface area contributed by atoms with Gasteiger partial charge in [0, 0.05) is 34.2 Å². The van der Waals surface area contributed by atoms with Crippen LogP contribution in [0.4, 0.5) is 11.4 Å². The number of sulfonamides is 1. The molecule has 1 aliphatic rings. The number of nitrogens with one attached hydrogen (secondary N) is 1. The normalized spacial score (nSPS) is 16.1. The highest BCUT2D eigenvalue weighted by molar-refractivity contribution is 9.10. The summed E-state index contributed by atoms with van der Waals surface area (Å²) in [6.07, 6.45) is 0.672. The van der Waals surface area contributed by atoms with Crippen molar-refractivity contribution in [1.29, 1.82) is 0 Å².